The molecule has 9 heteroatoms. The van der Waals surface area contributed by atoms with Crippen LogP contribution in [0.3, 0.4) is 0 Å². The third-order valence-corrected chi connectivity index (χ3v) is 6.24. The van der Waals surface area contributed by atoms with E-state index < -0.39 is 35.7 Å². The number of carbonyl (C=O) groups is 2. The van der Waals surface area contributed by atoms with Crippen LogP contribution in [0, 0.1) is 13.8 Å². The average molecular weight is 523 g/mol. The van der Waals surface area contributed by atoms with Gasteiger partial charge >= 0.3 is 5.97 Å². The third-order valence-electron chi connectivity index (χ3n) is 6.24. The van der Waals surface area contributed by atoms with Gasteiger partial charge in [0.25, 0.3) is 5.91 Å². The fraction of sp³-hybridized carbons (Fsp3) is 0.345. The van der Waals surface area contributed by atoms with E-state index in [1.807, 2.05) is 50.2 Å². The summed E-state index contributed by atoms with van der Waals surface area (Å²) in [6.45, 7) is 7.24. The lowest BCUT2D eigenvalue weighted by molar-refractivity contribution is -0.150. The van der Waals surface area contributed by atoms with Crippen molar-refractivity contribution in [3.63, 3.8) is 0 Å². The molecule has 0 aliphatic heterocycles. The van der Waals surface area contributed by atoms with Gasteiger partial charge in [0.05, 0.1) is 27.2 Å². The number of rotatable bonds is 10. The molecule has 1 amide bonds. The van der Waals surface area contributed by atoms with Gasteiger partial charge in [-0.25, -0.2) is 9.78 Å². The molecule has 0 spiro atoms. The molecule has 2 N–H and O–H groups in total. The average Bonchev–Trinajstić information content (AvgIpc) is 2.89. The van der Waals surface area contributed by atoms with Crippen LogP contribution in [0.15, 0.2) is 48.7 Å². The summed E-state index contributed by atoms with van der Waals surface area (Å²) in [6.07, 6.45) is 0.657. The van der Waals surface area contributed by atoms with E-state index in [9.17, 15) is 14.7 Å². The van der Waals surface area contributed by atoms with Crippen molar-refractivity contribution in [1.29, 1.82) is 0 Å². The molecular weight excluding hydrogens is 488 g/mol. The maximum absolute atomic E-state index is 13.1. The number of carbonyl (C=O) groups excluding carboxylic acids is 2. The number of aromatic hydroxyl groups is 1. The molecule has 0 unspecified atom stereocenters. The standard InChI is InChI=1S/C29H34N2O7/c1-16-8-10-22(35-5)20(14-16)25(21-15-17(2)9-11-23(21)36-6)19(4)38-29(34)18(3)31-28(33)26-27(32)24(37-7)12-13-30-26/h8-15,18-19,25,32H,1-7H3,(H,31,33)/t18-,19-/m0/s1. The van der Waals surface area contributed by atoms with Gasteiger partial charge in [0.1, 0.15) is 23.6 Å². The van der Waals surface area contributed by atoms with Crippen molar-refractivity contribution in [2.75, 3.05) is 21.3 Å². The smallest absolute Gasteiger partial charge is 0.328 e. The minimum Gasteiger partial charge on any atom is -0.503 e. The van der Waals surface area contributed by atoms with Crippen LogP contribution in [0.4, 0.5) is 0 Å². The second kappa shape index (κ2) is 12.3. The van der Waals surface area contributed by atoms with Crippen molar-refractivity contribution in [2.24, 2.45) is 0 Å². The first-order valence-corrected chi connectivity index (χ1v) is 12.1. The zero-order valence-corrected chi connectivity index (χ0v) is 22.7. The van der Waals surface area contributed by atoms with Gasteiger partial charge in [0.15, 0.2) is 17.2 Å². The Balaban J connectivity index is 1.91. The Morgan fingerprint density at radius 2 is 1.37 bits per heavy atom. The monoisotopic (exact) mass is 522 g/mol. The summed E-state index contributed by atoms with van der Waals surface area (Å²) in [6, 6.07) is 12.0. The zero-order valence-electron chi connectivity index (χ0n) is 22.7. The minimum absolute atomic E-state index is 0.0936. The highest BCUT2D eigenvalue weighted by Gasteiger charge is 2.32. The van der Waals surface area contributed by atoms with Gasteiger partial charge in [0.2, 0.25) is 0 Å². The Hall–Kier alpha value is -4.27. The Bertz CT molecular complexity index is 1250. The molecule has 0 aliphatic rings. The molecule has 3 rings (SSSR count). The van der Waals surface area contributed by atoms with Crippen LogP contribution >= 0.6 is 0 Å². The van der Waals surface area contributed by atoms with Crippen LogP contribution in [-0.4, -0.2) is 55.4 Å². The molecule has 0 saturated heterocycles. The second-order valence-corrected chi connectivity index (χ2v) is 9.02. The van der Waals surface area contributed by atoms with Crippen LogP contribution < -0.4 is 19.5 Å². The first kappa shape index (κ1) is 28.3. The molecular formula is C29H34N2O7. The van der Waals surface area contributed by atoms with Gasteiger partial charge < -0.3 is 29.4 Å². The summed E-state index contributed by atoms with van der Waals surface area (Å²) in [5, 5.41) is 12.8. The molecule has 0 aliphatic carbocycles. The van der Waals surface area contributed by atoms with Gasteiger partial charge in [-0.15, -0.1) is 0 Å². The molecule has 1 aromatic heterocycles. The van der Waals surface area contributed by atoms with Crippen molar-refractivity contribution in [3.05, 3.63) is 76.6 Å². The molecule has 202 valence electrons. The minimum atomic E-state index is -1.03. The van der Waals surface area contributed by atoms with Crippen LogP contribution in [0.2, 0.25) is 0 Å². The fourth-order valence-corrected chi connectivity index (χ4v) is 4.31. The summed E-state index contributed by atoms with van der Waals surface area (Å²) in [5.41, 5.74) is 3.44. The quantitative estimate of drug-likeness (QED) is 0.379. The van der Waals surface area contributed by atoms with E-state index >= 15 is 0 Å². The summed E-state index contributed by atoms with van der Waals surface area (Å²) in [5.74, 6) is -0.862. The van der Waals surface area contributed by atoms with Gasteiger partial charge in [-0.2, -0.15) is 0 Å². The Morgan fingerprint density at radius 3 is 1.87 bits per heavy atom. The molecule has 9 nitrogen and oxygen atoms in total. The number of methoxy groups -OCH3 is 3. The summed E-state index contributed by atoms with van der Waals surface area (Å²) in [7, 11) is 4.55. The fourth-order valence-electron chi connectivity index (χ4n) is 4.31. The van der Waals surface area contributed by atoms with E-state index in [1.165, 1.54) is 26.3 Å². The Morgan fingerprint density at radius 1 is 0.842 bits per heavy atom. The summed E-state index contributed by atoms with van der Waals surface area (Å²) in [4.78, 5) is 29.8. The number of ether oxygens (including phenoxy) is 4. The summed E-state index contributed by atoms with van der Waals surface area (Å²) < 4.78 is 22.2. The molecule has 0 fully saturated rings. The molecule has 0 saturated carbocycles. The van der Waals surface area contributed by atoms with Gasteiger partial charge in [0, 0.05) is 23.4 Å². The number of nitrogens with one attached hydrogen (secondary N) is 1. The lowest BCUT2D eigenvalue weighted by Crippen LogP contribution is -2.41. The number of pyridine rings is 1. The van der Waals surface area contributed by atoms with Crippen molar-refractivity contribution in [2.45, 2.75) is 45.8 Å². The van der Waals surface area contributed by atoms with Gasteiger partial charge in [-0.3, -0.25) is 4.79 Å². The van der Waals surface area contributed by atoms with E-state index in [-0.39, 0.29) is 11.4 Å². The van der Waals surface area contributed by atoms with Crippen LogP contribution in [0.1, 0.15) is 52.5 Å². The maximum atomic E-state index is 13.1. The SMILES string of the molecule is COc1ccc(C)cc1C(c1cc(C)ccc1OC)[C@H](C)OC(=O)[C@H](C)NC(=O)c1nccc(OC)c1O. The van der Waals surface area contributed by atoms with E-state index in [4.69, 9.17) is 18.9 Å². The van der Waals surface area contributed by atoms with Gasteiger partial charge in [-0.1, -0.05) is 35.4 Å². The van der Waals surface area contributed by atoms with Gasteiger partial charge in [-0.05, 0) is 39.8 Å². The molecule has 0 radical (unpaired) electrons. The lowest BCUT2D eigenvalue weighted by atomic mass is 9.84. The molecule has 2 aromatic carbocycles. The molecule has 0 bridgehead atoms. The number of benzene rings is 2. The van der Waals surface area contributed by atoms with E-state index in [0.717, 1.165) is 22.3 Å². The van der Waals surface area contributed by atoms with E-state index in [0.29, 0.717) is 11.5 Å². The Labute approximate surface area is 222 Å². The van der Waals surface area contributed by atoms with Crippen molar-refractivity contribution < 1.29 is 33.6 Å². The number of aryl methyl sites for hydroxylation is 2. The van der Waals surface area contributed by atoms with Crippen molar-refractivity contribution >= 4 is 11.9 Å². The number of amides is 1. The highest BCUT2D eigenvalue weighted by atomic mass is 16.5. The predicted molar refractivity (Wildman–Crippen MR) is 142 cm³/mol. The normalized spacial score (nSPS) is 12.4. The van der Waals surface area contributed by atoms with Crippen molar-refractivity contribution in [3.8, 4) is 23.0 Å². The van der Waals surface area contributed by atoms with E-state index in [1.54, 1.807) is 21.1 Å². The zero-order chi connectivity index (χ0) is 28.0. The van der Waals surface area contributed by atoms with Crippen LogP contribution in [0.5, 0.6) is 23.0 Å². The van der Waals surface area contributed by atoms with E-state index in [2.05, 4.69) is 10.3 Å². The van der Waals surface area contributed by atoms with Crippen LogP contribution in [-0.2, 0) is 9.53 Å². The van der Waals surface area contributed by atoms with Crippen LogP contribution in [0.25, 0.3) is 0 Å². The highest BCUT2D eigenvalue weighted by Crippen LogP contribution is 2.40. The topological polar surface area (TPSA) is 116 Å². The number of nitrogens with zero attached hydrogens (tertiary/aromatic N) is 1. The maximum Gasteiger partial charge on any atom is 0.328 e. The molecule has 38 heavy (non-hydrogen) atoms. The lowest BCUT2D eigenvalue weighted by Gasteiger charge is -2.29. The Kier molecular flexibility index (Phi) is 9.17. The number of hydrogen-bond donors (Lipinski definition) is 2. The molecule has 2 atom stereocenters. The number of hydrogen-bond acceptors (Lipinski definition) is 8. The summed E-state index contributed by atoms with van der Waals surface area (Å²) >= 11 is 0. The second-order valence-electron chi connectivity index (χ2n) is 9.02. The third kappa shape index (κ3) is 6.16. The largest absolute Gasteiger partial charge is 0.503 e. The first-order valence-electron chi connectivity index (χ1n) is 12.1. The number of esters is 1. The predicted octanol–water partition coefficient (Wildman–Crippen LogP) is 4.31. The van der Waals surface area contributed by atoms with Crippen molar-refractivity contribution in [1.82, 2.24) is 10.3 Å². The molecule has 3 aromatic rings. The molecule has 1 heterocycles. The first-order chi connectivity index (χ1) is 18.1. The highest BCUT2D eigenvalue weighted by molar-refractivity contribution is 5.97. The number of aromatic nitrogens is 1.